The molecule has 1 fully saturated rings. The van der Waals surface area contributed by atoms with Gasteiger partial charge in [0.05, 0.1) is 5.56 Å². The predicted molar refractivity (Wildman–Crippen MR) is 180 cm³/mol. The van der Waals surface area contributed by atoms with Crippen molar-refractivity contribution >= 4 is 23.6 Å². The molecule has 0 saturated heterocycles. The molecule has 0 bridgehead atoms. The van der Waals surface area contributed by atoms with Crippen molar-refractivity contribution < 1.29 is 32.3 Å². The van der Waals surface area contributed by atoms with Gasteiger partial charge in [-0.3, -0.25) is 9.59 Å². The van der Waals surface area contributed by atoms with Gasteiger partial charge in [-0.15, -0.1) is 10.2 Å². The molecule has 0 unspecified atom stereocenters. The molecule has 264 valence electrons. The molecule has 5 rings (SSSR count). The highest BCUT2D eigenvalue weighted by atomic mass is 19.4. The molecule has 1 aliphatic carbocycles. The third-order valence-corrected chi connectivity index (χ3v) is 8.45. The van der Waals surface area contributed by atoms with Gasteiger partial charge in [-0.05, 0) is 105 Å². The van der Waals surface area contributed by atoms with E-state index in [0.29, 0.717) is 60.4 Å². The first-order valence-corrected chi connectivity index (χ1v) is 16.4. The van der Waals surface area contributed by atoms with Crippen molar-refractivity contribution in [3.63, 3.8) is 0 Å². The van der Waals surface area contributed by atoms with Crippen LogP contribution in [-0.2, 0) is 26.9 Å². The zero-order valence-electron chi connectivity index (χ0n) is 28.0. The molecule has 3 aromatic carbocycles. The summed E-state index contributed by atoms with van der Waals surface area (Å²) in [5.74, 6) is -0.544. The van der Waals surface area contributed by atoms with Crippen molar-refractivity contribution in [2.45, 2.75) is 70.7 Å². The van der Waals surface area contributed by atoms with E-state index in [1.54, 1.807) is 75.4 Å². The maximum absolute atomic E-state index is 13.8. The topological polar surface area (TPSA) is 151 Å². The number of aromatic amines is 1. The van der Waals surface area contributed by atoms with E-state index in [9.17, 15) is 27.6 Å². The molecule has 50 heavy (non-hydrogen) atoms. The zero-order valence-corrected chi connectivity index (χ0v) is 28.0. The van der Waals surface area contributed by atoms with Gasteiger partial charge < -0.3 is 20.7 Å². The minimum absolute atomic E-state index is 0.0199. The van der Waals surface area contributed by atoms with E-state index in [0.717, 1.165) is 6.07 Å². The summed E-state index contributed by atoms with van der Waals surface area (Å²) in [7, 11) is 0. The van der Waals surface area contributed by atoms with E-state index in [4.69, 9.17) is 4.74 Å². The Morgan fingerprint density at radius 3 is 2.30 bits per heavy atom. The van der Waals surface area contributed by atoms with Gasteiger partial charge in [0.25, 0.3) is 0 Å². The number of nitrogens with zero attached hydrogens (tertiary/aromatic N) is 3. The zero-order chi connectivity index (χ0) is 35.9. The van der Waals surface area contributed by atoms with Gasteiger partial charge in [0, 0.05) is 30.1 Å². The minimum atomic E-state index is -4.55. The fourth-order valence-corrected chi connectivity index (χ4v) is 5.97. The third kappa shape index (κ3) is 9.89. The molecule has 0 aliphatic heterocycles. The molecular weight excluding hydrogens is 651 g/mol. The quantitative estimate of drug-likeness (QED) is 0.147. The van der Waals surface area contributed by atoms with Crippen LogP contribution in [0.25, 0.3) is 22.5 Å². The highest BCUT2D eigenvalue weighted by molar-refractivity contribution is 5.97. The van der Waals surface area contributed by atoms with Crippen molar-refractivity contribution in [2.24, 2.45) is 11.8 Å². The first kappa shape index (κ1) is 36.0. The molecule has 1 saturated carbocycles. The number of alkyl carbamates (subject to hydrolysis) is 1. The summed E-state index contributed by atoms with van der Waals surface area (Å²) in [6.45, 7) is 5.82. The number of carbonyl (C=O) groups is 3. The Balaban J connectivity index is 1.29. The van der Waals surface area contributed by atoms with Crippen molar-refractivity contribution in [1.82, 2.24) is 31.3 Å². The van der Waals surface area contributed by atoms with Gasteiger partial charge in [0.15, 0.2) is 0 Å². The number of nitrogens with one attached hydrogen (secondary N) is 4. The van der Waals surface area contributed by atoms with Crippen LogP contribution in [0.1, 0.15) is 57.6 Å². The van der Waals surface area contributed by atoms with Crippen LogP contribution in [0.4, 0.5) is 23.7 Å². The summed E-state index contributed by atoms with van der Waals surface area (Å²) < 4.78 is 46.7. The number of alkyl halides is 3. The number of aromatic nitrogens is 4. The molecule has 4 N–H and O–H groups in total. The average Bonchev–Trinajstić information content (AvgIpc) is 3.62. The largest absolute Gasteiger partial charge is 0.444 e. The van der Waals surface area contributed by atoms with Crippen molar-refractivity contribution in [3.05, 3.63) is 83.9 Å². The summed E-state index contributed by atoms with van der Waals surface area (Å²) >= 11 is 0. The van der Waals surface area contributed by atoms with Crippen LogP contribution in [0.15, 0.2) is 72.8 Å². The Labute approximate surface area is 287 Å². The van der Waals surface area contributed by atoms with Crippen molar-refractivity contribution in [1.29, 1.82) is 0 Å². The van der Waals surface area contributed by atoms with Crippen LogP contribution >= 0.6 is 0 Å². The summed E-state index contributed by atoms with van der Waals surface area (Å²) in [5.41, 5.74) is 0.714. The minimum Gasteiger partial charge on any atom is -0.444 e. The number of benzene rings is 3. The maximum atomic E-state index is 13.8. The number of carbonyl (C=O) groups excluding carboxylic acids is 3. The number of hydrogen-bond acceptors (Lipinski definition) is 7. The van der Waals surface area contributed by atoms with Gasteiger partial charge in [-0.25, -0.2) is 4.79 Å². The van der Waals surface area contributed by atoms with E-state index >= 15 is 0 Å². The van der Waals surface area contributed by atoms with E-state index in [1.807, 2.05) is 0 Å². The molecule has 0 spiro atoms. The molecule has 1 aliphatic rings. The molecule has 1 aromatic heterocycles. The summed E-state index contributed by atoms with van der Waals surface area (Å²) in [6.07, 6.45) is -2.44. The number of H-pyrrole nitrogens is 1. The molecule has 11 nitrogen and oxygen atoms in total. The molecule has 4 aromatic rings. The van der Waals surface area contributed by atoms with Gasteiger partial charge >= 0.3 is 12.3 Å². The monoisotopic (exact) mass is 691 g/mol. The number of ether oxygens (including phenoxy) is 1. The first-order chi connectivity index (χ1) is 23.7. The second-order valence-electron chi connectivity index (χ2n) is 13.4. The maximum Gasteiger partial charge on any atom is 0.417 e. The molecule has 3 amide bonds. The highest BCUT2D eigenvalue weighted by Crippen LogP contribution is 2.37. The number of anilines is 1. The molecule has 1 heterocycles. The summed E-state index contributed by atoms with van der Waals surface area (Å²) in [5, 5.41) is 22.4. The second kappa shape index (κ2) is 15.5. The van der Waals surface area contributed by atoms with E-state index in [1.165, 1.54) is 12.1 Å². The Bertz CT molecular complexity index is 1770. The van der Waals surface area contributed by atoms with E-state index < -0.39 is 35.4 Å². The lowest BCUT2D eigenvalue weighted by molar-refractivity contribution is -0.137. The van der Waals surface area contributed by atoms with Crippen LogP contribution < -0.4 is 16.0 Å². The molecule has 0 radical (unpaired) electrons. The van der Waals surface area contributed by atoms with Gasteiger partial charge in [0.1, 0.15) is 11.6 Å². The van der Waals surface area contributed by atoms with Crippen LogP contribution in [0.2, 0.25) is 0 Å². The fourth-order valence-electron chi connectivity index (χ4n) is 5.97. The first-order valence-electron chi connectivity index (χ1n) is 16.4. The summed E-state index contributed by atoms with van der Waals surface area (Å²) in [4.78, 5) is 39.4. The van der Waals surface area contributed by atoms with Crippen LogP contribution in [-0.4, -0.2) is 56.7 Å². The van der Waals surface area contributed by atoms with Gasteiger partial charge in [0.2, 0.25) is 17.6 Å². The van der Waals surface area contributed by atoms with Crippen LogP contribution in [0.5, 0.6) is 0 Å². The highest BCUT2D eigenvalue weighted by Gasteiger charge is 2.34. The normalized spacial score (nSPS) is 17.0. The molecule has 14 heteroatoms. The van der Waals surface area contributed by atoms with E-state index in [-0.39, 0.29) is 29.7 Å². The third-order valence-electron chi connectivity index (χ3n) is 8.45. The van der Waals surface area contributed by atoms with Crippen molar-refractivity contribution in [3.8, 4) is 22.5 Å². The van der Waals surface area contributed by atoms with Crippen molar-refractivity contribution in [2.75, 3.05) is 11.9 Å². The number of halogens is 3. The standard InChI is InChI=1S/C36H40F3N7O4/c1-35(2,3)50-34(49)40-21-22-11-13-25(14-12-22)32(47)42-30(33(48)41-27-17-15-24(16-18-27)31-43-45-46-44-31)20-23-7-6-8-26(19-23)28-9-4-5-10-29(28)36(37,38)39/h4-10,15-19,22,25,30H,11-14,20-21H2,1-3H3,(H,40,49)(H,41,48)(H,42,47)(H,43,44,45,46)/t22?,25?,30-/m0/s1. The van der Waals surface area contributed by atoms with Crippen LogP contribution in [0, 0.1) is 11.8 Å². The predicted octanol–water partition coefficient (Wildman–Crippen LogP) is 6.55. The molecular formula is C36H40F3N7O4. The lowest BCUT2D eigenvalue weighted by Crippen LogP contribution is -2.48. The number of hydrogen-bond donors (Lipinski definition) is 4. The van der Waals surface area contributed by atoms with Gasteiger partial charge in [-0.1, -0.05) is 42.5 Å². The smallest absolute Gasteiger partial charge is 0.417 e. The lowest BCUT2D eigenvalue weighted by atomic mass is 9.81. The van der Waals surface area contributed by atoms with E-state index in [2.05, 4.69) is 36.6 Å². The molecule has 1 atom stereocenters. The summed E-state index contributed by atoms with van der Waals surface area (Å²) in [6, 6.07) is 17.6. The number of rotatable bonds is 10. The second-order valence-corrected chi connectivity index (χ2v) is 13.4. The van der Waals surface area contributed by atoms with Gasteiger partial charge in [-0.2, -0.15) is 18.4 Å². The Hall–Kier alpha value is -5.27. The fraction of sp³-hybridized carbons (Fsp3) is 0.389. The Kier molecular flexibility index (Phi) is 11.2. The van der Waals surface area contributed by atoms with Crippen LogP contribution in [0.3, 0.4) is 0 Å². The number of amides is 3. The Morgan fingerprint density at radius 2 is 1.64 bits per heavy atom. The lowest BCUT2D eigenvalue weighted by Gasteiger charge is -2.29. The number of tetrazole rings is 1. The SMILES string of the molecule is CC(C)(C)OC(=O)NCC1CCC(C(=O)N[C@@H](Cc2cccc(-c3ccccc3C(F)(F)F)c2)C(=O)Nc2ccc(-c3nn[nH]n3)cc2)CC1. The average molecular weight is 692 g/mol. The Morgan fingerprint density at radius 1 is 0.920 bits per heavy atom.